The topological polar surface area (TPSA) is 94.9 Å². The van der Waals surface area contributed by atoms with E-state index in [1.54, 1.807) is 47.3 Å². The van der Waals surface area contributed by atoms with Crippen LogP contribution in [0, 0.1) is 5.82 Å². The van der Waals surface area contributed by atoms with Crippen LogP contribution in [0.3, 0.4) is 0 Å². The van der Waals surface area contributed by atoms with E-state index in [1.165, 1.54) is 16.8 Å². The molecule has 0 spiro atoms. The van der Waals surface area contributed by atoms with Crippen LogP contribution in [0.2, 0.25) is 0 Å². The molecule has 5 heterocycles. The molecule has 12 heteroatoms. The summed E-state index contributed by atoms with van der Waals surface area (Å²) in [6, 6.07) is 9.82. The lowest BCUT2D eigenvalue weighted by molar-refractivity contribution is 0.116. The highest BCUT2D eigenvalue weighted by molar-refractivity contribution is 5.83. The highest BCUT2D eigenvalue weighted by Gasteiger charge is 2.26. The van der Waals surface area contributed by atoms with Gasteiger partial charge < -0.3 is 9.32 Å². The maximum atomic E-state index is 15.4. The summed E-state index contributed by atoms with van der Waals surface area (Å²) in [5, 5.41) is 6.97. The summed E-state index contributed by atoms with van der Waals surface area (Å²) < 4.78 is 49.3. The van der Waals surface area contributed by atoms with Crippen molar-refractivity contribution < 1.29 is 17.6 Å². The van der Waals surface area contributed by atoms with Gasteiger partial charge in [0.25, 0.3) is 5.89 Å². The third-order valence-corrected chi connectivity index (χ3v) is 7.01. The summed E-state index contributed by atoms with van der Waals surface area (Å²) >= 11 is 0. The number of hydrogen-bond donors (Lipinski definition) is 0. The first-order valence-corrected chi connectivity index (χ1v) is 12.5. The lowest BCUT2D eigenvalue weighted by Crippen LogP contribution is -2.38. The predicted molar refractivity (Wildman–Crippen MR) is 137 cm³/mol. The average Bonchev–Trinajstić information content (AvgIpc) is 3.53. The number of fused-ring (bicyclic) bond motifs is 1. The maximum absolute atomic E-state index is 15.4. The number of alkyl halides is 2. The Labute approximate surface area is 220 Å². The second kappa shape index (κ2) is 10.1. The van der Waals surface area contributed by atoms with E-state index < -0.39 is 18.1 Å². The van der Waals surface area contributed by atoms with E-state index >= 15 is 4.39 Å². The van der Waals surface area contributed by atoms with Crippen molar-refractivity contribution in [2.45, 2.75) is 31.9 Å². The molecule has 0 aliphatic carbocycles. The SMILES string of the molecule is CN1CCCC(n2c(=O)n(Cc3ccc(-c4nnc(C(F)F)o4)cn3)c3cc(F)c(-c4cccnc4)cc32)C1. The van der Waals surface area contributed by atoms with Gasteiger partial charge in [0.2, 0.25) is 5.89 Å². The Hall–Kier alpha value is -4.32. The van der Waals surface area contributed by atoms with Gasteiger partial charge in [0.05, 0.1) is 34.9 Å². The van der Waals surface area contributed by atoms with Crippen LogP contribution in [0.1, 0.15) is 36.9 Å². The van der Waals surface area contributed by atoms with Crippen LogP contribution in [0.5, 0.6) is 0 Å². The number of pyridine rings is 2. The minimum atomic E-state index is -2.87. The molecular weight excluding hydrogens is 511 g/mol. The van der Waals surface area contributed by atoms with Crippen LogP contribution < -0.4 is 5.69 Å². The quantitative estimate of drug-likeness (QED) is 0.311. The van der Waals surface area contributed by atoms with Crippen molar-refractivity contribution in [2.75, 3.05) is 20.1 Å². The van der Waals surface area contributed by atoms with Gasteiger partial charge in [-0.15, -0.1) is 10.2 Å². The molecule has 1 fully saturated rings. The first kappa shape index (κ1) is 25.0. The Morgan fingerprint density at radius 3 is 2.67 bits per heavy atom. The summed E-state index contributed by atoms with van der Waals surface area (Å²) in [4.78, 5) is 24.5. The van der Waals surface area contributed by atoms with E-state index in [0.717, 1.165) is 19.4 Å². The van der Waals surface area contributed by atoms with Crippen LogP contribution in [-0.2, 0) is 6.54 Å². The lowest BCUT2D eigenvalue weighted by Gasteiger charge is -2.30. The molecule has 200 valence electrons. The molecule has 1 unspecified atom stereocenters. The van der Waals surface area contributed by atoms with E-state index in [2.05, 4.69) is 25.1 Å². The fourth-order valence-corrected chi connectivity index (χ4v) is 5.14. The monoisotopic (exact) mass is 535 g/mol. The predicted octanol–water partition coefficient (Wildman–Crippen LogP) is 4.70. The molecule has 39 heavy (non-hydrogen) atoms. The molecule has 1 aliphatic heterocycles. The first-order chi connectivity index (χ1) is 18.9. The molecule has 4 aromatic heterocycles. The molecule has 0 bridgehead atoms. The Morgan fingerprint density at radius 1 is 1.10 bits per heavy atom. The smallest absolute Gasteiger partial charge is 0.329 e. The molecule has 0 amide bonds. The van der Waals surface area contributed by atoms with Crippen molar-refractivity contribution in [1.82, 2.24) is 34.2 Å². The van der Waals surface area contributed by atoms with Crippen LogP contribution in [0.4, 0.5) is 13.2 Å². The minimum absolute atomic E-state index is 0.0656. The third-order valence-electron chi connectivity index (χ3n) is 7.01. The van der Waals surface area contributed by atoms with Gasteiger partial charge in [-0.1, -0.05) is 6.07 Å². The summed E-state index contributed by atoms with van der Waals surface area (Å²) in [5.74, 6) is -1.31. The fourth-order valence-electron chi connectivity index (χ4n) is 5.14. The van der Waals surface area contributed by atoms with Crippen molar-refractivity contribution in [1.29, 1.82) is 0 Å². The molecule has 1 saturated heterocycles. The molecule has 0 radical (unpaired) electrons. The standard InChI is InChI=1S/C27H24F3N7O2/c1-35-9-3-5-19(15-35)37-23-10-20(16-4-2-8-31-12-16)21(28)11-22(23)36(27(37)38)14-18-7-6-17(13-32-18)25-33-34-26(39-25)24(29)30/h2,4,6-8,10-13,19,24H,3,5,9,14-15H2,1H3. The highest BCUT2D eigenvalue weighted by atomic mass is 19.3. The summed E-state index contributed by atoms with van der Waals surface area (Å²) in [7, 11) is 2.02. The molecule has 1 aliphatic rings. The second-order valence-corrected chi connectivity index (χ2v) is 9.64. The zero-order valence-corrected chi connectivity index (χ0v) is 21.0. The second-order valence-electron chi connectivity index (χ2n) is 9.64. The van der Waals surface area contributed by atoms with Crippen molar-refractivity contribution in [3.8, 4) is 22.6 Å². The zero-order valence-electron chi connectivity index (χ0n) is 21.0. The number of imidazole rings is 1. The van der Waals surface area contributed by atoms with Gasteiger partial charge >= 0.3 is 12.1 Å². The third kappa shape index (κ3) is 4.71. The summed E-state index contributed by atoms with van der Waals surface area (Å²) in [5.41, 5.74) is 2.73. The molecule has 0 N–H and O–H groups in total. The van der Waals surface area contributed by atoms with E-state index in [0.29, 0.717) is 40.0 Å². The molecule has 6 rings (SSSR count). The zero-order chi connectivity index (χ0) is 27.1. The Bertz CT molecular complexity index is 1680. The van der Waals surface area contributed by atoms with E-state index in [-0.39, 0.29) is 24.2 Å². The number of nitrogens with zero attached hydrogens (tertiary/aromatic N) is 7. The van der Waals surface area contributed by atoms with Crippen molar-refractivity contribution in [3.63, 3.8) is 0 Å². The Morgan fingerprint density at radius 2 is 1.97 bits per heavy atom. The van der Waals surface area contributed by atoms with Crippen molar-refractivity contribution in [3.05, 3.63) is 82.9 Å². The van der Waals surface area contributed by atoms with Crippen LogP contribution >= 0.6 is 0 Å². The highest BCUT2D eigenvalue weighted by Crippen LogP contribution is 2.31. The average molecular weight is 536 g/mol. The molecule has 1 aromatic carbocycles. The maximum Gasteiger partial charge on any atom is 0.329 e. The molecular formula is C27H24F3N7O2. The van der Waals surface area contributed by atoms with Gasteiger partial charge in [0, 0.05) is 42.3 Å². The number of likely N-dealkylation sites (tertiary alicyclic amines) is 1. The number of aromatic nitrogens is 6. The Balaban J connectivity index is 1.42. The fraction of sp³-hybridized carbons (Fsp3) is 0.296. The molecule has 1 atom stereocenters. The van der Waals surface area contributed by atoms with Crippen molar-refractivity contribution >= 4 is 11.0 Å². The number of rotatable bonds is 6. The largest absolute Gasteiger partial charge is 0.415 e. The van der Waals surface area contributed by atoms with E-state index in [9.17, 15) is 13.6 Å². The first-order valence-electron chi connectivity index (χ1n) is 12.5. The Kier molecular flexibility index (Phi) is 6.47. The van der Waals surface area contributed by atoms with Gasteiger partial charge in [-0.3, -0.25) is 19.1 Å². The van der Waals surface area contributed by atoms with Gasteiger partial charge in [0.1, 0.15) is 5.82 Å². The molecule has 0 saturated carbocycles. The molecule has 5 aromatic rings. The van der Waals surface area contributed by atoms with E-state index in [1.807, 2.05) is 7.05 Å². The minimum Gasteiger partial charge on any atom is -0.415 e. The molecule has 9 nitrogen and oxygen atoms in total. The van der Waals surface area contributed by atoms with Crippen LogP contribution in [0.25, 0.3) is 33.6 Å². The number of piperidine rings is 1. The van der Waals surface area contributed by atoms with Gasteiger partial charge in [0.15, 0.2) is 0 Å². The van der Waals surface area contributed by atoms with Gasteiger partial charge in [-0.25, -0.2) is 9.18 Å². The number of benzene rings is 1. The van der Waals surface area contributed by atoms with Crippen molar-refractivity contribution in [2.24, 2.45) is 0 Å². The van der Waals surface area contributed by atoms with Crippen LogP contribution in [-0.4, -0.2) is 54.3 Å². The summed E-state index contributed by atoms with van der Waals surface area (Å²) in [6.45, 7) is 1.74. The number of hydrogen-bond acceptors (Lipinski definition) is 7. The number of halogens is 3. The lowest BCUT2D eigenvalue weighted by atomic mass is 10.0. The van der Waals surface area contributed by atoms with Gasteiger partial charge in [-0.2, -0.15) is 8.78 Å². The number of likely N-dealkylation sites (N-methyl/N-ethyl adjacent to an activating group) is 1. The van der Waals surface area contributed by atoms with E-state index in [4.69, 9.17) is 4.42 Å². The van der Waals surface area contributed by atoms with Crippen LogP contribution in [0.15, 0.2) is 64.2 Å². The van der Waals surface area contributed by atoms with Gasteiger partial charge in [-0.05, 0) is 50.7 Å². The summed E-state index contributed by atoms with van der Waals surface area (Å²) in [6.07, 6.45) is 3.55. The normalized spacial score (nSPS) is 16.4.